The average Bonchev–Trinajstić information content (AvgIpc) is 2.59. The maximum absolute atomic E-state index is 12.4. The first-order valence-electron chi connectivity index (χ1n) is 6.90. The fraction of sp³-hybridized carbons (Fsp3) is 0.0556. The molecule has 0 amide bonds. The lowest BCUT2D eigenvalue weighted by Gasteiger charge is -2.35. The Kier molecular flexibility index (Phi) is 2.76. The Balaban J connectivity index is 2.12. The van der Waals surface area contributed by atoms with Crippen molar-refractivity contribution < 1.29 is 19.7 Å². The maximum atomic E-state index is 12.4. The van der Waals surface area contributed by atoms with Gasteiger partial charge in [-0.2, -0.15) is 4.89 Å². The van der Waals surface area contributed by atoms with Gasteiger partial charge in [-0.15, -0.1) is 0 Å². The molecule has 1 aliphatic heterocycles. The van der Waals surface area contributed by atoms with Crippen LogP contribution in [-0.4, -0.2) is 11.2 Å². The van der Waals surface area contributed by atoms with Gasteiger partial charge in [-0.05, 0) is 11.5 Å². The van der Waals surface area contributed by atoms with Gasteiger partial charge in [0, 0.05) is 16.5 Å². The van der Waals surface area contributed by atoms with Crippen molar-refractivity contribution in [1.82, 2.24) is 0 Å². The summed E-state index contributed by atoms with van der Waals surface area (Å²) in [6, 6.07) is 19.9. The summed E-state index contributed by atoms with van der Waals surface area (Å²) in [5.41, 5.74) is 1.62. The van der Waals surface area contributed by atoms with Crippen molar-refractivity contribution in [3.63, 3.8) is 0 Å². The summed E-state index contributed by atoms with van der Waals surface area (Å²) in [7, 11) is 0. The minimum atomic E-state index is -1.65. The second-order valence-electron chi connectivity index (χ2n) is 5.17. The fourth-order valence-corrected chi connectivity index (χ4v) is 3.02. The Hall–Kier alpha value is -2.69. The Bertz CT molecular complexity index is 867. The van der Waals surface area contributed by atoms with Crippen LogP contribution in [0, 0.1) is 0 Å². The Morgan fingerprint density at radius 1 is 0.909 bits per heavy atom. The molecule has 1 unspecified atom stereocenters. The summed E-state index contributed by atoms with van der Waals surface area (Å²) in [6.07, 6.45) is 0. The van der Waals surface area contributed by atoms with Crippen molar-refractivity contribution >= 4 is 16.7 Å². The number of benzene rings is 3. The van der Waals surface area contributed by atoms with E-state index < -0.39 is 11.8 Å². The summed E-state index contributed by atoms with van der Waals surface area (Å²) in [5, 5.41) is 11.2. The molecule has 0 radical (unpaired) electrons. The van der Waals surface area contributed by atoms with Gasteiger partial charge in [0.05, 0.1) is 5.56 Å². The number of hydrogen-bond acceptors (Lipinski definition) is 4. The van der Waals surface area contributed by atoms with Crippen molar-refractivity contribution in [2.75, 3.05) is 0 Å². The quantitative estimate of drug-likeness (QED) is 0.444. The molecule has 108 valence electrons. The SMILES string of the molecule is O=C1OC(OO)(c2ccccc2)c2cccc3cccc1c23. The normalized spacial score (nSPS) is 20.0. The molecule has 0 spiro atoms. The van der Waals surface area contributed by atoms with E-state index in [-0.39, 0.29) is 0 Å². The van der Waals surface area contributed by atoms with Crippen molar-refractivity contribution in [3.05, 3.63) is 83.4 Å². The topological polar surface area (TPSA) is 55.8 Å². The largest absolute Gasteiger partial charge is 0.418 e. The molecule has 0 fully saturated rings. The van der Waals surface area contributed by atoms with E-state index in [0.29, 0.717) is 16.7 Å². The van der Waals surface area contributed by atoms with Crippen LogP contribution in [-0.2, 0) is 15.4 Å². The maximum Gasteiger partial charge on any atom is 0.341 e. The van der Waals surface area contributed by atoms with Crippen molar-refractivity contribution in [3.8, 4) is 0 Å². The fourth-order valence-electron chi connectivity index (χ4n) is 3.02. The van der Waals surface area contributed by atoms with Crippen molar-refractivity contribution in [2.45, 2.75) is 5.79 Å². The molecule has 0 aromatic heterocycles. The second-order valence-corrected chi connectivity index (χ2v) is 5.17. The number of cyclic esters (lactones) is 1. The van der Waals surface area contributed by atoms with Crippen LogP contribution in [0.2, 0.25) is 0 Å². The van der Waals surface area contributed by atoms with Crippen LogP contribution >= 0.6 is 0 Å². The highest BCUT2D eigenvalue weighted by Crippen LogP contribution is 2.43. The number of carbonyl (C=O) groups is 1. The van der Waals surface area contributed by atoms with Crippen LogP contribution in [0.4, 0.5) is 0 Å². The van der Waals surface area contributed by atoms with E-state index in [0.717, 1.165) is 10.8 Å². The summed E-state index contributed by atoms with van der Waals surface area (Å²) in [5.74, 6) is -2.17. The monoisotopic (exact) mass is 292 g/mol. The molecule has 1 heterocycles. The molecule has 1 aliphatic rings. The van der Waals surface area contributed by atoms with E-state index in [1.165, 1.54) is 0 Å². The summed E-state index contributed by atoms with van der Waals surface area (Å²) in [6.45, 7) is 0. The van der Waals surface area contributed by atoms with Gasteiger partial charge in [-0.1, -0.05) is 60.7 Å². The van der Waals surface area contributed by atoms with Gasteiger partial charge in [0.15, 0.2) is 0 Å². The van der Waals surface area contributed by atoms with Crippen molar-refractivity contribution in [1.29, 1.82) is 0 Å². The lowest BCUT2D eigenvalue weighted by molar-refractivity contribution is -0.380. The van der Waals surface area contributed by atoms with Gasteiger partial charge >= 0.3 is 5.97 Å². The molecular weight excluding hydrogens is 280 g/mol. The highest BCUT2D eigenvalue weighted by Gasteiger charge is 2.46. The number of ether oxygens (including phenoxy) is 1. The smallest absolute Gasteiger partial charge is 0.341 e. The molecule has 0 bridgehead atoms. The molecule has 22 heavy (non-hydrogen) atoms. The van der Waals surface area contributed by atoms with E-state index in [1.807, 2.05) is 24.3 Å². The second kappa shape index (κ2) is 4.66. The summed E-state index contributed by atoms with van der Waals surface area (Å²) in [4.78, 5) is 17.1. The summed E-state index contributed by atoms with van der Waals surface area (Å²) < 4.78 is 5.51. The van der Waals surface area contributed by atoms with Gasteiger partial charge in [-0.25, -0.2) is 10.1 Å². The molecule has 4 rings (SSSR count). The van der Waals surface area contributed by atoms with E-state index in [2.05, 4.69) is 0 Å². The summed E-state index contributed by atoms with van der Waals surface area (Å²) >= 11 is 0. The highest BCUT2D eigenvalue weighted by atomic mass is 17.1. The predicted octanol–water partition coefficient (Wildman–Crippen LogP) is 3.70. The van der Waals surface area contributed by atoms with Gasteiger partial charge in [-0.3, -0.25) is 0 Å². The predicted molar refractivity (Wildman–Crippen MR) is 80.3 cm³/mol. The minimum Gasteiger partial charge on any atom is -0.418 e. The van der Waals surface area contributed by atoms with Gasteiger partial charge in [0.1, 0.15) is 0 Å². The Morgan fingerprint density at radius 3 is 2.36 bits per heavy atom. The number of carbonyl (C=O) groups excluding carboxylic acids is 1. The number of rotatable bonds is 2. The van der Waals surface area contributed by atoms with Crippen LogP contribution in [0.1, 0.15) is 21.5 Å². The molecule has 0 aliphatic carbocycles. The first-order chi connectivity index (χ1) is 10.8. The van der Waals surface area contributed by atoms with Gasteiger partial charge < -0.3 is 4.74 Å². The third kappa shape index (κ3) is 1.62. The first-order valence-corrected chi connectivity index (χ1v) is 6.90. The van der Waals surface area contributed by atoms with E-state index in [9.17, 15) is 10.1 Å². The van der Waals surface area contributed by atoms with E-state index in [4.69, 9.17) is 9.62 Å². The molecule has 1 atom stereocenters. The average molecular weight is 292 g/mol. The van der Waals surface area contributed by atoms with Crippen LogP contribution in [0.5, 0.6) is 0 Å². The third-order valence-electron chi connectivity index (χ3n) is 4.00. The first kappa shape index (κ1) is 13.0. The zero-order valence-electron chi connectivity index (χ0n) is 11.5. The minimum absolute atomic E-state index is 0.469. The number of esters is 1. The Morgan fingerprint density at radius 2 is 1.64 bits per heavy atom. The molecular formula is C18H12O4. The molecule has 1 N–H and O–H groups in total. The Labute approximate surface area is 126 Å². The van der Waals surface area contributed by atoms with Crippen molar-refractivity contribution in [2.24, 2.45) is 0 Å². The molecule has 0 saturated heterocycles. The van der Waals surface area contributed by atoms with Gasteiger partial charge in [0.2, 0.25) is 0 Å². The molecule has 3 aromatic rings. The van der Waals surface area contributed by atoms with Crippen LogP contribution < -0.4 is 0 Å². The molecule has 0 saturated carbocycles. The van der Waals surface area contributed by atoms with E-state index >= 15 is 0 Å². The van der Waals surface area contributed by atoms with Crippen LogP contribution in [0.25, 0.3) is 10.8 Å². The third-order valence-corrected chi connectivity index (χ3v) is 4.00. The standard InChI is InChI=1S/C18H12O4/c19-17-14-10-4-6-12-7-5-11-15(16(12)14)18(21-17,22-20)13-8-2-1-3-9-13/h1-11,20H. The zero-order valence-corrected chi connectivity index (χ0v) is 11.5. The molecule has 4 heteroatoms. The number of hydrogen-bond donors (Lipinski definition) is 1. The zero-order chi connectivity index (χ0) is 15.2. The highest BCUT2D eigenvalue weighted by molar-refractivity contribution is 6.08. The molecule has 3 aromatic carbocycles. The van der Waals surface area contributed by atoms with Gasteiger partial charge in [0.25, 0.3) is 5.79 Å². The lowest BCUT2D eigenvalue weighted by atomic mass is 9.88. The van der Waals surface area contributed by atoms with Crippen LogP contribution in [0.3, 0.4) is 0 Å². The van der Waals surface area contributed by atoms with Crippen LogP contribution in [0.15, 0.2) is 66.7 Å². The molecule has 4 nitrogen and oxygen atoms in total. The van der Waals surface area contributed by atoms with E-state index in [1.54, 1.807) is 42.5 Å². The lowest BCUT2D eigenvalue weighted by Crippen LogP contribution is -2.39.